The second-order valence-electron chi connectivity index (χ2n) is 19.9. The first-order valence-corrected chi connectivity index (χ1v) is 21.8. The van der Waals surface area contributed by atoms with Crippen LogP contribution in [-0.4, -0.2) is 24.1 Å². The van der Waals surface area contributed by atoms with Gasteiger partial charge < -0.3 is 9.13 Å². The lowest BCUT2D eigenvalue weighted by atomic mass is 9.85. The zero-order valence-corrected chi connectivity index (χ0v) is 37.2. The van der Waals surface area contributed by atoms with E-state index < -0.39 is 0 Å². The Morgan fingerprint density at radius 1 is 0.339 bits per heavy atom. The van der Waals surface area contributed by atoms with Crippen LogP contribution in [0.15, 0.2) is 158 Å². The van der Waals surface area contributed by atoms with E-state index in [0.717, 1.165) is 50.1 Å². The average Bonchev–Trinajstić information content (AvgIpc) is 3.77. The van der Waals surface area contributed by atoms with Crippen molar-refractivity contribution in [2.45, 2.75) is 78.6 Å². The minimum absolute atomic E-state index is 0.0229. The molecule has 5 nitrogen and oxygen atoms in total. The van der Waals surface area contributed by atoms with Crippen LogP contribution >= 0.6 is 0 Å². The van der Waals surface area contributed by atoms with E-state index in [0.29, 0.717) is 17.5 Å². The maximum absolute atomic E-state index is 5.39. The molecule has 0 bridgehead atoms. The SMILES string of the molecule is CC(C)(C)c1ccc2c(c1)c1cc(-n3c4ccc(C(C)(C)C)cc4c4cc(C(C)(C)C)ccc43)c(-c3nc(-c4ccccc4)nc(-c4ccccc4)n3)cc1n2-c1ccccc1. The van der Waals surface area contributed by atoms with E-state index in [1.54, 1.807) is 0 Å². The fraction of sp³-hybridized carbons (Fsp3) is 0.211. The Balaban J connectivity index is 1.39. The lowest BCUT2D eigenvalue weighted by molar-refractivity contribution is 0.590. The van der Waals surface area contributed by atoms with Gasteiger partial charge in [0.25, 0.3) is 0 Å². The highest BCUT2D eigenvalue weighted by atomic mass is 15.1. The second kappa shape index (κ2) is 14.4. The van der Waals surface area contributed by atoms with E-state index in [9.17, 15) is 0 Å². The molecule has 3 heterocycles. The van der Waals surface area contributed by atoms with Crippen molar-refractivity contribution in [3.63, 3.8) is 0 Å². The fourth-order valence-corrected chi connectivity index (χ4v) is 8.88. The number of aromatic nitrogens is 5. The number of nitrogens with zero attached hydrogens (tertiary/aromatic N) is 5. The molecule has 306 valence electrons. The molecule has 0 radical (unpaired) electrons. The number of benzene rings is 7. The first kappa shape index (κ1) is 39.3. The van der Waals surface area contributed by atoms with Crippen LogP contribution in [0.25, 0.3) is 89.2 Å². The Labute approximate surface area is 364 Å². The van der Waals surface area contributed by atoms with Crippen molar-refractivity contribution in [1.82, 2.24) is 24.1 Å². The van der Waals surface area contributed by atoms with Crippen molar-refractivity contribution in [2.24, 2.45) is 0 Å². The van der Waals surface area contributed by atoms with Gasteiger partial charge in [-0.25, -0.2) is 15.0 Å². The summed E-state index contributed by atoms with van der Waals surface area (Å²) >= 11 is 0. The summed E-state index contributed by atoms with van der Waals surface area (Å²) in [6.45, 7) is 20.6. The van der Waals surface area contributed by atoms with Crippen molar-refractivity contribution < 1.29 is 0 Å². The van der Waals surface area contributed by atoms with Crippen LogP contribution < -0.4 is 0 Å². The van der Waals surface area contributed by atoms with E-state index in [1.165, 1.54) is 38.2 Å². The third-order valence-corrected chi connectivity index (χ3v) is 12.4. The topological polar surface area (TPSA) is 48.5 Å². The second-order valence-corrected chi connectivity index (χ2v) is 19.9. The third kappa shape index (κ3) is 6.77. The molecule has 0 N–H and O–H groups in total. The monoisotopic (exact) mass is 807 g/mol. The number of hydrogen-bond acceptors (Lipinski definition) is 3. The van der Waals surface area contributed by atoms with Gasteiger partial charge in [-0.2, -0.15) is 0 Å². The zero-order valence-electron chi connectivity index (χ0n) is 37.2. The van der Waals surface area contributed by atoms with Crippen LogP contribution in [0, 0.1) is 0 Å². The molecule has 0 unspecified atom stereocenters. The summed E-state index contributed by atoms with van der Waals surface area (Å²) in [6.07, 6.45) is 0. The maximum Gasteiger partial charge on any atom is 0.166 e. The molecule has 3 aromatic heterocycles. The van der Waals surface area contributed by atoms with Crippen molar-refractivity contribution in [1.29, 1.82) is 0 Å². The average molecular weight is 808 g/mol. The van der Waals surface area contributed by atoms with Crippen molar-refractivity contribution in [3.8, 4) is 45.5 Å². The van der Waals surface area contributed by atoms with Crippen LogP contribution in [-0.2, 0) is 16.2 Å². The van der Waals surface area contributed by atoms with E-state index in [1.807, 2.05) is 36.4 Å². The lowest BCUT2D eigenvalue weighted by Gasteiger charge is -2.19. The van der Waals surface area contributed by atoms with Crippen LogP contribution in [0.3, 0.4) is 0 Å². The Morgan fingerprint density at radius 3 is 1.13 bits per heavy atom. The quantitative estimate of drug-likeness (QED) is 0.174. The van der Waals surface area contributed by atoms with Crippen molar-refractivity contribution in [3.05, 3.63) is 174 Å². The minimum Gasteiger partial charge on any atom is -0.309 e. The Bertz CT molecular complexity index is 3190. The van der Waals surface area contributed by atoms with E-state index in [4.69, 9.17) is 15.0 Å². The summed E-state index contributed by atoms with van der Waals surface area (Å²) in [7, 11) is 0. The van der Waals surface area contributed by atoms with E-state index in [2.05, 4.69) is 193 Å². The molecule has 10 aromatic rings. The predicted molar refractivity (Wildman–Crippen MR) is 261 cm³/mol. The largest absolute Gasteiger partial charge is 0.309 e. The molecule has 0 spiro atoms. The van der Waals surface area contributed by atoms with Gasteiger partial charge in [-0.3, -0.25) is 0 Å². The van der Waals surface area contributed by atoms with E-state index >= 15 is 0 Å². The van der Waals surface area contributed by atoms with Gasteiger partial charge in [0.2, 0.25) is 0 Å². The van der Waals surface area contributed by atoms with Gasteiger partial charge in [-0.05, 0) is 93.6 Å². The van der Waals surface area contributed by atoms with Gasteiger partial charge in [0, 0.05) is 43.9 Å². The van der Waals surface area contributed by atoms with Crippen LogP contribution in [0.1, 0.15) is 79.0 Å². The van der Waals surface area contributed by atoms with Crippen molar-refractivity contribution >= 4 is 43.6 Å². The van der Waals surface area contributed by atoms with Crippen LogP contribution in [0.4, 0.5) is 0 Å². The highest BCUT2D eigenvalue weighted by Crippen LogP contribution is 2.44. The fourth-order valence-electron chi connectivity index (χ4n) is 8.88. The predicted octanol–water partition coefficient (Wildman–Crippen LogP) is 15.0. The standard InChI is InChI=1S/C57H53N5/c1-55(2,3)38-25-28-47-44(33-38)45-34-51(62-48-29-26-39(56(4,5)6)31-42(48)43-32-40(57(7,8)9)27-30-49(43)62)46(35-50(45)61(47)41-23-17-12-18-24-41)54-59-52(36-19-13-10-14-20-36)58-53(60-54)37-21-15-11-16-22-37/h10-35H,1-9H3. The van der Waals surface area contributed by atoms with Crippen molar-refractivity contribution in [2.75, 3.05) is 0 Å². The number of hydrogen-bond donors (Lipinski definition) is 0. The molecule has 0 saturated carbocycles. The first-order valence-electron chi connectivity index (χ1n) is 21.8. The third-order valence-electron chi connectivity index (χ3n) is 12.4. The van der Waals surface area contributed by atoms with Gasteiger partial charge in [0.15, 0.2) is 17.5 Å². The molecule has 0 saturated heterocycles. The minimum atomic E-state index is -0.0347. The normalized spacial score (nSPS) is 12.6. The molecule has 0 aliphatic rings. The molecule has 0 amide bonds. The Morgan fingerprint density at radius 2 is 0.710 bits per heavy atom. The zero-order chi connectivity index (χ0) is 43.1. The smallest absolute Gasteiger partial charge is 0.166 e. The van der Waals surface area contributed by atoms with Gasteiger partial charge in [0.1, 0.15) is 0 Å². The number of para-hydroxylation sites is 1. The summed E-state index contributed by atoms with van der Waals surface area (Å²) in [6, 6.07) is 57.0. The summed E-state index contributed by atoms with van der Waals surface area (Å²) in [5.74, 6) is 1.87. The Hall–Kier alpha value is -6.85. The molecule has 5 heteroatoms. The summed E-state index contributed by atoms with van der Waals surface area (Å²) < 4.78 is 4.87. The van der Waals surface area contributed by atoms with Gasteiger partial charge in [-0.1, -0.05) is 159 Å². The highest BCUT2D eigenvalue weighted by Gasteiger charge is 2.26. The van der Waals surface area contributed by atoms with Gasteiger partial charge in [0.05, 0.1) is 27.8 Å². The molecular weight excluding hydrogens is 755 g/mol. The molecule has 0 fully saturated rings. The summed E-state index contributed by atoms with van der Waals surface area (Å²) in [5.41, 5.74) is 13.3. The van der Waals surface area contributed by atoms with Gasteiger partial charge >= 0.3 is 0 Å². The number of rotatable bonds is 5. The van der Waals surface area contributed by atoms with Crippen LogP contribution in [0.5, 0.6) is 0 Å². The maximum atomic E-state index is 5.39. The van der Waals surface area contributed by atoms with E-state index in [-0.39, 0.29) is 16.2 Å². The molecule has 0 atom stereocenters. The van der Waals surface area contributed by atoms with Crippen LogP contribution in [0.2, 0.25) is 0 Å². The summed E-state index contributed by atoms with van der Waals surface area (Å²) in [5, 5.41) is 4.84. The number of fused-ring (bicyclic) bond motifs is 6. The molecule has 10 rings (SSSR count). The lowest BCUT2D eigenvalue weighted by Crippen LogP contribution is -2.10. The molecule has 0 aliphatic carbocycles. The van der Waals surface area contributed by atoms with Gasteiger partial charge in [-0.15, -0.1) is 0 Å². The molecule has 0 aliphatic heterocycles. The summed E-state index contributed by atoms with van der Waals surface area (Å²) in [4.78, 5) is 15.9. The molecular formula is C57H53N5. The first-order chi connectivity index (χ1) is 29.6. The molecule has 62 heavy (non-hydrogen) atoms. The highest BCUT2D eigenvalue weighted by molar-refractivity contribution is 6.14. The molecule has 7 aromatic carbocycles. The Kier molecular flexibility index (Phi) is 9.11.